The van der Waals surface area contributed by atoms with Gasteiger partial charge in [0.25, 0.3) is 5.91 Å². The van der Waals surface area contributed by atoms with Crippen LogP contribution < -0.4 is 11.1 Å². The summed E-state index contributed by atoms with van der Waals surface area (Å²) in [5, 5.41) is 3.63. The lowest BCUT2D eigenvalue weighted by atomic mass is 10.1. The van der Waals surface area contributed by atoms with Crippen LogP contribution in [0.2, 0.25) is 10.0 Å². The molecule has 0 aliphatic rings. The zero-order valence-electron chi connectivity index (χ0n) is 9.84. The van der Waals surface area contributed by atoms with Crippen LogP contribution in [0.15, 0.2) is 18.2 Å². The van der Waals surface area contributed by atoms with Crippen LogP contribution in [0.5, 0.6) is 0 Å². The molecule has 94 valence electrons. The van der Waals surface area contributed by atoms with E-state index in [1.54, 1.807) is 18.2 Å². The number of halogens is 2. The van der Waals surface area contributed by atoms with E-state index in [1.165, 1.54) is 0 Å². The van der Waals surface area contributed by atoms with Crippen molar-refractivity contribution in [1.29, 1.82) is 0 Å². The van der Waals surface area contributed by atoms with Gasteiger partial charge in [-0.05, 0) is 24.1 Å². The largest absolute Gasteiger partial charge is 0.350 e. The molecule has 0 radical (unpaired) electrons. The average molecular weight is 275 g/mol. The van der Waals surface area contributed by atoms with Crippen LogP contribution in [-0.4, -0.2) is 18.5 Å². The maximum Gasteiger partial charge on any atom is 0.251 e. The molecule has 3 nitrogen and oxygen atoms in total. The van der Waals surface area contributed by atoms with E-state index in [0.29, 0.717) is 28.1 Å². The quantitative estimate of drug-likeness (QED) is 0.887. The van der Waals surface area contributed by atoms with Gasteiger partial charge in [0.2, 0.25) is 0 Å². The Morgan fingerprint density at radius 1 is 1.29 bits per heavy atom. The lowest BCUT2D eigenvalue weighted by molar-refractivity contribution is 0.0949. The Balaban J connectivity index is 2.64. The summed E-state index contributed by atoms with van der Waals surface area (Å²) in [6.45, 7) is 4.45. The van der Waals surface area contributed by atoms with Gasteiger partial charge in [-0.3, -0.25) is 4.79 Å². The van der Waals surface area contributed by atoms with Crippen molar-refractivity contribution in [2.75, 3.05) is 6.54 Å². The van der Waals surface area contributed by atoms with E-state index < -0.39 is 0 Å². The van der Waals surface area contributed by atoms with E-state index in [9.17, 15) is 4.79 Å². The maximum absolute atomic E-state index is 11.8. The molecule has 0 saturated carbocycles. The number of rotatable bonds is 4. The molecule has 0 aliphatic carbocycles. The van der Waals surface area contributed by atoms with Crippen molar-refractivity contribution >= 4 is 29.1 Å². The van der Waals surface area contributed by atoms with Gasteiger partial charge >= 0.3 is 0 Å². The highest BCUT2D eigenvalue weighted by molar-refractivity contribution is 6.35. The predicted molar refractivity (Wildman–Crippen MR) is 71.6 cm³/mol. The first-order valence-electron chi connectivity index (χ1n) is 5.40. The molecule has 17 heavy (non-hydrogen) atoms. The van der Waals surface area contributed by atoms with Gasteiger partial charge < -0.3 is 11.1 Å². The molecule has 0 spiro atoms. The SMILES string of the molecule is CC(C)C(N)CNC(=O)c1cc(Cl)cc(Cl)c1. The second kappa shape index (κ2) is 6.24. The predicted octanol–water partition coefficient (Wildman–Crippen LogP) is 2.71. The molecule has 1 rings (SSSR count). The number of amides is 1. The number of carbonyl (C=O) groups excluding carboxylic acids is 1. The van der Waals surface area contributed by atoms with Crippen LogP contribution in [0.3, 0.4) is 0 Å². The van der Waals surface area contributed by atoms with Crippen molar-refractivity contribution in [3.05, 3.63) is 33.8 Å². The zero-order valence-corrected chi connectivity index (χ0v) is 11.3. The molecule has 0 aliphatic heterocycles. The van der Waals surface area contributed by atoms with E-state index in [4.69, 9.17) is 28.9 Å². The molecular weight excluding hydrogens is 259 g/mol. The van der Waals surface area contributed by atoms with Gasteiger partial charge in [-0.15, -0.1) is 0 Å². The van der Waals surface area contributed by atoms with Crippen molar-refractivity contribution < 1.29 is 4.79 Å². The van der Waals surface area contributed by atoms with Gasteiger partial charge in [0.1, 0.15) is 0 Å². The Bertz CT molecular complexity index is 387. The van der Waals surface area contributed by atoms with Gasteiger partial charge in [0, 0.05) is 28.2 Å². The van der Waals surface area contributed by atoms with E-state index in [1.807, 2.05) is 13.8 Å². The van der Waals surface area contributed by atoms with Crippen LogP contribution in [0.1, 0.15) is 24.2 Å². The van der Waals surface area contributed by atoms with Crippen molar-refractivity contribution in [3.63, 3.8) is 0 Å². The number of hydrogen-bond acceptors (Lipinski definition) is 2. The van der Waals surface area contributed by atoms with Gasteiger partial charge in [-0.2, -0.15) is 0 Å². The van der Waals surface area contributed by atoms with Gasteiger partial charge in [0.15, 0.2) is 0 Å². The summed E-state index contributed by atoms with van der Waals surface area (Å²) in [5.41, 5.74) is 6.28. The van der Waals surface area contributed by atoms with E-state index in [-0.39, 0.29) is 11.9 Å². The summed E-state index contributed by atoms with van der Waals surface area (Å²) < 4.78 is 0. The Hall–Kier alpha value is -0.770. The molecule has 0 bridgehead atoms. The fourth-order valence-corrected chi connectivity index (χ4v) is 1.76. The molecule has 1 aromatic rings. The highest BCUT2D eigenvalue weighted by atomic mass is 35.5. The summed E-state index contributed by atoms with van der Waals surface area (Å²) in [7, 11) is 0. The average Bonchev–Trinajstić information content (AvgIpc) is 2.23. The summed E-state index contributed by atoms with van der Waals surface area (Å²) in [6, 6.07) is 4.67. The third-order valence-electron chi connectivity index (χ3n) is 2.48. The lowest BCUT2D eigenvalue weighted by Gasteiger charge is -2.16. The van der Waals surface area contributed by atoms with Crippen molar-refractivity contribution in [2.24, 2.45) is 11.7 Å². The Kier molecular flexibility index (Phi) is 5.25. The molecular formula is C12H16Cl2N2O. The molecule has 1 atom stereocenters. The summed E-state index contributed by atoms with van der Waals surface area (Å²) in [6.07, 6.45) is 0. The van der Waals surface area contributed by atoms with E-state index >= 15 is 0 Å². The normalized spacial score (nSPS) is 12.6. The Labute approximate surface area is 111 Å². The molecule has 0 saturated heterocycles. The second-order valence-corrected chi connectivity index (χ2v) is 5.15. The third-order valence-corrected chi connectivity index (χ3v) is 2.92. The Morgan fingerprint density at radius 3 is 2.29 bits per heavy atom. The fourth-order valence-electron chi connectivity index (χ4n) is 1.23. The fraction of sp³-hybridized carbons (Fsp3) is 0.417. The van der Waals surface area contributed by atoms with Gasteiger partial charge in [-0.25, -0.2) is 0 Å². The third kappa shape index (κ3) is 4.54. The first kappa shape index (κ1) is 14.3. The highest BCUT2D eigenvalue weighted by Crippen LogP contribution is 2.18. The molecule has 0 heterocycles. The first-order chi connectivity index (χ1) is 7.90. The minimum atomic E-state index is -0.217. The lowest BCUT2D eigenvalue weighted by Crippen LogP contribution is -2.40. The molecule has 0 aromatic heterocycles. The molecule has 3 N–H and O–H groups in total. The molecule has 1 amide bonds. The van der Waals surface area contributed by atoms with E-state index in [2.05, 4.69) is 5.32 Å². The molecule has 1 aromatic carbocycles. The van der Waals surface area contributed by atoms with Crippen LogP contribution >= 0.6 is 23.2 Å². The van der Waals surface area contributed by atoms with E-state index in [0.717, 1.165) is 0 Å². The maximum atomic E-state index is 11.8. The first-order valence-corrected chi connectivity index (χ1v) is 6.15. The zero-order chi connectivity index (χ0) is 13.0. The number of hydrogen-bond donors (Lipinski definition) is 2. The van der Waals surface area contributed by atoms with Crippen molar-refractivity contribution in [3.8, 4) is 0 Å². The number of nitrogens with two attached hydrogens (primary N) is 1. The van der Waals surface area contributed by atoms with Crippen molar-refractivity contribution in [2.45, 2.75) is 19.9 Å². The van der Waals surface area contributed by atoms with Crippen molar-refractivity contribution in [1.82, 2.24) is 5.32 Å². The summed E-state index contributed by atoms with van der Waals surface area (Å²) in [5.74, 6) is 0.101. The van der Waals surface area contributed by atoms with Crippen LogP contribution in [0.25, 0.3) is 0 Å². The van der Waals surface area contributed by atoms with Gasteiger partial charge in [-0.1, -0.05) is 37.0 Å². The van der Waals surface area contributed by atoms with Crippen LogP contribution in [-0.2, 0) is 0 Å². The Morgan fingerprint density at radius 2 is 1.82 bits per heavy atom. The minimum absolute atomic E-state index is 0.0615. The summed E-state index contributed by atoms with van der Waals surface area (Å²) in [4.78, 5) is 11.8. The number of benzene rings is 1. The van der Waals surface area contributed by atoms with Crippen LogP contribution in [0, 0.1) is 5.92 Å². The molecule has 1 unspecified atom stereocenters. The topological polar surface area (TPSA) is 55.1 Å². The number of nitrogens with one attached hydrogen (secondary N) is 1. The smallest absolute Gasteiger partial charge is 0.251 e. The minimum Gasteiger partial charge on any atom is -0.350 e. The van der Waals surface area contributed by atoms with Gasteiger partial charge in [0.05, 0.1) is 0 Å². The molecule has 5 heteroatoms. The standard InChI is InChI=1S/C12H16Cl2N2O/c1-7(2)11(15)6-16-12(17)8-3-9(13)5-10(14)4-8/h3-5,7,11H,6,15H2,1-2H3,(H,16,17). The number of carbonyl (C=O) groups is 1. The monoisotopic (exact) mass is 274 g/mol. The van der Waals surface area contributed by atoms with Crippen LogP contribution in [0.4, 0.5) is 0 Å². The highest BCUT2D eigenvalue weighted by Gasteiger charge is 2.11. The molecule has 0 fully saturated rings. The second-order valence-electron chi connectivity index (χ2n) is 4.28. The summed E-state index contributed by atoms with van der Waals surface area (Å²) >= 11 is 11.6.